The van der Waals surface area contributed by atoms with Gasteiger partial charge in [-0.2, -0.15) is 6.07 Å². The first-order chi connectivity index (χ1) is 23.2. The largest absolute Gasteiger partial charge is 2.00 e. The van der Waals surface area contributed by atoms with Crippen molar-refractivity contribution in [2.45, 2.75) is 77.9 Å². The average Bonchev–Trinajstić information content (AvgIpc) is 3.82. The van der Waals surface area contributed by atoms with Gasteiger partial charge in [0.15, 0.2) is 0 Å². The van der Waals surface area contributed by atoms with Gasteiger partial charge in [-0.1, -0.05) is 112 Å². The van der Waals surface area contributed by atoms with Gasteiger partial charge >= 0.3 is 21.1 Å². The molecule has 4 aromatic carbocycles. The molecule has 1 aliphatic heterocycles. The number of aryl methyl sites for hydroxylation is 2. The molecule has 3 heterocycles. The van der Waals surface area contributed by atoms with E-state index in [1.54, 1.807) is 0 Å². The van der Waals surface area contributed by atoms with Crippen LogP contribution in [0.3, 0.4) is 0 Å². The van der Waals surface area contributed by atoms with Gasteiger partial charge in [0, 0.05) is 23.2 Å². The van der Waals surface area contributed by atoms with E-state index >= 15 is 0 Å². The molecular formula is C43H41N3O2Pt. The second-order valence-electron chi connectivity index (χ2n) is 14.5. The minimum Gasteiger partial charge on any atom is -0.510 e. The molecule has 0 N–H and O–H groups in total. The predicted molar refractivity (Wildman–Crippen MR) is 193 cm³/mol. The summed E-state index contributed by atoms with van der Waals surface area (Å²) in [6.45, 7) is 10.9. The van der Waals surface area contributed by atoms with Crippen LogP contribution in [-0.2, 0) is 31.2 Å². The third-order valence-corrected chi connectivity index (χ3v) is 9.91. The molecule has 1 fully saturated rings. The summed E-state index contributed by atoms with van der Waals surface area (Å²) in [5, 5.41) is 2.28. The zero-order chi connectivity index (χ0) is 33.0. The molecule has 0 bridgehead atoms. The van der Waals surface area contributed by atoms with Crippen molar-refractivity contribution in [1.82, 2.24) is 9.55 Å². The molecule has 1 saturated carbocycles. The van der Waals surface area contributed by atoms with Gasteiger partial charge in [-0.15, -0.1) is 29.1 Å². The number of nitrogens with zero attached hydrogens (tertiary/aromatic N) is 3. The summed E-state index contributed by atoms with van der Waals surface area (Å²) in [4.78, 5) is 10.0. The molecule has 2 aromatic heterocycles. The number of aliphatic imine (C=N–C) groups is 1. The van der Waals surface area contributed by atoms with E-state index in [0.29, 0.717) is 23.3 Å². The normalized spacial score (nSPS) is 18.0. The maximum atomic E-state index is 6.66. The van der Waals surface area contributed by atoms with Crippen molar-refractivity contribution >= 4 is 27.7 Å². The van der Waals surface area contributed by atoms with E-state index in [1.165, 1.54) is 47.8 Å². The quantitative estimate of drug-likeness (QED) is 0.157. The van der Waals surface area contributed by atoms with Crippen molar-refractivity contribution in [1.29, 1.82) is 0 Å². The topological polar surface area (TPSA) is 48.6 Å². The van der Waals surface area contributed by atoms with Gasteiger partial charge in [-0.25, -0.2) is 4.98 Å². The fraction of sp³-hybridized carbons (Fsp3) is 0.302. The van der Waals surface area contributed by atoms with Gasteiger partial charge < -0.3 is 14.0 Å². The third kappa shape index (κ3) is 6.46. The maximum absolute atomic E-state index is 6.66. The Bertz CT molecular complexity index is 2170. The van der Waals surface area contributed by atoms with Crippen molar-refractivity contribution < 1.29 is 30.5 Å². The van der Waals surface area contributed by atoms with Crippen molar-refractivity contribution in [3.8, 4) is 17.3 Å². The van der Waals surface area contributed by atoms with Crippen LogP contribution in [-0.4, -0.2) is 21.5 Å². The molecule has 6 heteroatoms. The van der Waals surface area contributed by atoms with Gasteiger partial charge in [0.25, 0.3) is 0 Å². The SMILES string of the molecule is Cc1cc(Oc2[c-]c3c(cc2)c2cc(C)ccc2n3-c2cc(C(C)(C)C)ccn2)[c-]c(C2=N[C@H](C3CCCC3)[C@H](c3ccccc3)O2)c1.[Pt+2]. The molecule has 0 spiro atoms. The standard InChI is InChI=1S/C43H41N3O2.Pt/c1-27-15-18-37-36(23-27)35-17-16-33(26-38(35)46(37)39-25-32(19-20-44-39)43(3,4)5)47-34-22-28(2)21-31(24-34)42-45-40(29-11-9-10-12-29)41(48-42)30-13-7-6-8-14-30;/h6-8,13-23,25,29,40-41H,9-12H2,1-5H3;/q-2;+2/t40-,41+;/m1./s1. The van der Waals surface area contributed by atoms with E-state index in [-0.39, 0.29) is 38.6 Å². The molecule has 1 aliphatic carbocycles. The van der Waals surface area contributed by atoms with E-state index in [2.05, 4.69) is 124 Å². The van der Waals surface area contributed by atoms with E-state index in [1.807, 2.05) is 18.3 Å². The summed E-state index contributed by atoms with van der Waals surface area (Å²) >= 11 is 0. The first kappa shape index (κ1) is 33.3. The minimum absolute atomic E-state index is 0. The van der Waals surface area contributed by atoms with Crippen LogP contribution in [0.5, 0.6) is 11.5 Å². The summed E-state index contributed by atoms with van der Waals surface area (Å²) in [5.41, 5.74) is 7.50. The molecule has 2 atom stereocenters. The summed E-state index contributed by atoms with van der Waals surface area (Å²) < 4.78 is 15.4. The molecule has 49 heavy (non-hydrogen) atoms. The smallest absolute Gasteiger partial charge is 0.510 e. The van der Waals surface area contributed by atoms with Crippen LogP contribution in [0.15, 0.2) is 96.1 Å². The van der Waals surface area contributed by atoms with E-state index in [4.69, 9.17) is 19.5 Å². The van der Waals surface area contributed by atoms with E-state index < -0.39 is 0 Å². The number of rotatable bonds is 6. The van der Waals surface area contributed by atoms with Gasteiger partial charge in [0.05, 0.1) is 6.04 Å². The molecular weight excluding hydrogens is 786 g/mol. The number of benzene rings is 4. The Morgan fingerprint density at radius 1 is 0.816 bits per heavy atom. The maximum Gasteiger partial charge on any atom is 2.00 e. The molecule has 2 aliphatic rings. The summed E-state index contributed by atoms with van der Waals surface area (Å²) in [5.74, 6) is 3.27. The van der Waals surface area contributed by atoms with Crippen LogP contribution in [0.4, 0.5) is 0 Å². The molecule has 0 amide bonds. The van der Waals surface area contributed by atoms with Crippen LogP contribution < -0.4 is 4.74 Å². The molecule has 0 unspecified atom stereocenters. The summed E-state index contributed by atoms with van der Waals surface area (Å²) in [6.07, 6.45) is 6.74. The van der Waals surface area contributed by atoms with Crippen LogP contribution in [0.2, 0.25) is 0 Å². The van der Waals surface area contributed by atoms with Gasteiger partial charge in [0.2, 0.25) is 0 Å². The summed E-state index contributed by atoms with van der Waals surface area (Å²) in [6, 6.07) is 36.8. The van der Waals surface area contributed by atoms with Crippen molar-refractivity contribution in [2.24, 2.45) is 10.9 Å². The van der Waals surface area contributed by atoms with Gasteiger partial charge in [0.1, 0.15) is 17.8 Å². The average molecular weight is 827 g/mol. The Morgan fingerprint density at radius 2 is 1.61 bits per heavy atom. The second kappa shape index (κ2) is 13.2. The fourth-order valence-electron chi connectivity index (χ4n) is 7.43. The Kier molecular flexibility index (Phi) is 9.00. The number of aromatic nitrogens is 2. The monoisotopic (exact) mass is 826 g/mol. The first-order valence-corrected chi connectivity index (χ1v) is 17.2. The molecule has 5 nitrogen and oxygen atoms in total. The van der Waals surface area contributed by atoms with Crippen molar-refractivity contribution in [3.05, 3.63) is 131 Å². The van der Waals surface area contributed by atoms with Gasteiger partial charge in [-0.3, -0.25) is 4.99 Å². The molecule has 250 valence electrons. The minimum atomic E-state index is -0.0886. The van der Waals surface area contributed by atoms with Gasteiger partial charge in [-0.05, 0) is 65.8 Å². The summed E-state index contributed by atoms with van der Waals surface area (Å²) in [7, 11) is 0. The molecule has 0 radical (unpaired) electrons. The number of hydrogen-bond acceptors (Lipinski definition) is 4. The van der Waals surface area contributed by atoms with Crippen LogP contribution >= 0.6 is 0 Å². The zero-order valence-electron chi connectivity index (χ0n) is 28.7. The Labute approximate surface area is 303 Å². The Morgan fingerprint density at radius 3 is 2.39 bits per heavy atom. The number of ether oxygens (including phenoxy) is 2. The van der Waals surface area contributed by atoms with Crippen LogP contribution in [0.25, 0.3) is 27.6 Å². The number of fused-ring (bicyclic) bond motifs is 3. The first-order valence-electron chi connectivity index (χ1n) is 17.2. The molecule has 0 saturated heterocycles. The Hall–Kier alpha value is -4.21. The second-order valence-corrected chi connectivity index (χ2v) is 14.5. The van der Waals surface area contributed by atoms with Crippen LogP contribution in [0, 0.1) is 31.9 Å². The zero-order valence-corrected chi connectivity index (χ0v) is 31.0. The van der Waals surface area contributed by atoms with Crippen molar-refractivity contribution in [2.75, 3.05) is 0 Å². The number of pyridine rings is 1. The van der Waals surface area contributed by atoms with Crippen molar-refractivity contribution in [3.63, 3.8) is 0 Å². The molecule has 8 rings (SSSR count). The van der Waals surface area contributed by atoms with E-state index in [0.717, 1.165) is 33.4 Å². The number of hydrogen-bond donors (Lipinski definition) is 0. The Balaban J connectivity index is 0.00000378. The fourth-order valence-corrected chi connectivity index (χ4v) is 7.43. The third-order valence-electron chi connectivity index (χ3n) is 9.91. The van der Waals surface area contributed by atoms with Crippen LogP contribution in [0.1, 0.15) is 80.4 Å². The molecule has 6 aromatic rings. The predicted octanol–water partition coefficient (Wildman–Crippen LogP) is 10.6. The van der Waals surface area contributed by atoms with E-state index in [9.17, 15) is 0 Å².